The maximum atomic E-state index is 12.6. The predicted octanol–water partition coefficient (Wildman–Crippen LogP) is 5.06. The van der Waals surface area contributed by atoms with Crippen molar-refractivity contribution >= 4 is 17.1 Å². The van der Waals surface area contributed by atoms with E-state index in [1.807, 2.05) is 6.07 Å². The Morgan fingerprint density at radius 1 is 0.935 bits per heavy atom. The van der Waals surface area contributed by atoms with Crippen LogP contribution >= 0.6 is 0 Å². The summed E-state index contributed by atoms with van der Waals surface area (Å²) in [6, 6.07) is 11.1. The first-order chi connectivity index (χ1) is 14.8. The Balaban J connectivity index is 0.000000245. The molecule has 0 atom stereocenters. The first-order valence-corrected chi connectivity index (χ1v) is 9.62. The molecule has 1 N–H and O–H groups in total. The SMILES string of the molecule is N#Cc1ccc(F)c([N+](=O)[O-])c1.N#Cc1ccc(NCC2CCCCC2)c([N+](=O)[O-])c1. The number of hydrogen-bond acceptors (Lipinski definition) is 7. The number of nitro groups is 2. The third-order valence-corrected chi connectivity index (χ3v) is 4.90. The summed E-state index contributed by atoms with van der Waals surface area (Å²) in [7, 11) is 0. The summed E-state index contributed by atoms with van der Waals surface area (Å²) in [5.74, 6) is -0.331. The van der Waals surface area contributed by atoms with Gasteiger partial charge in [-0.2, -0.15) is 14.9 Å². The molecule has 0 radical (unpaired) electrons. The highest BCUT2D eigenvalue weighted by molar-refractivity contribution is 5.64. The van der Waals surface area contributed by atoms with Gasteiger partial charge in [-0.1, -0.05) is 19.3 Å². The number of nitrogens with zero attached hydrogens (tertiary/aromatic N) is 4. The molecule has 3 rings (SSSR count). The average molecular weight is 425 g/mol. The zero-order valence-corrected chi connectivity index (χ0v) is 16.6. The lowest BCUT2D eigenvalue weighted by Crippen LogP contribution is -2.17. The van der Waals surface area contributed by atoms with Crippen LogP contribution in [-0.4, -0.2) is 16.4 Å². The second-order valence-electron chi connectivity index (χ2n) is 7.02. The van der Waals surface area contributed by atoms with E-state index in [9.17, 15) is 24.6 Å². The lowest BCUT2D eigenvalue weighted by atomic mass is 9.89. The van der Waals surface area contributed by atoms with Gasteiger partial charge < -0.3 is 5.32 Å². The Labute approximate surface area is 178 Å². The molecule has 1 aliphatic carbocycles. The highest BCUT2D eigenvalue weighted by atomic mass is 19.1. The topological polar surface area (TPSA) is 146 Å². The lowest BCUT2D eigenvalue weighted by molar-refractivity contribution is -0.387. The highest BCUT2D eigenvalue weighted by Crippen LogP contribution is 2.28. The molecule has 0 amide bonds. The van der Waals surface area contributed by atoms with Crippen LogP contribution < -0.4 is 5.32 Å². The van der Waals surface area contributed by atoms with Crippen LogP contribution in [0.2, 0.25) is 0 Å². The van der Waals surface area contributed by atoms with E-state index in [2.05, 4.69) is 5.32 Å². The maximum absolute atomic E-state index is 12.6. The molecule has 160 valence electrons. The molecule has 1 fully saturated rings. The van der Waals surface area contributed by atoms with Gasteiger partial charge >= 0.3 is 5.69 Å². The van der Waals surface area contributed by atoms with Crippen LogP contribution in [0.4, 0.5) is 21.5 Å². The third kappa shape index (κ3) is 6.75. The van der Waals surface area contributed by atoms with E-state index in [-0.39, 0.29) is 11.3 Å². The zero-order chi connectivity index (χ0) is 22.8. The van der Waals surface area contributed by atoms with E-state index in [1.165, 1.54) is 44.2 Å². The van der Waals surface area contributed by atoms with Crippen molar-refractivity contribution in [2.24, 2.45) is 5.92 Å². The summed E-state index contributed by atoms with van der Waals surface area (Å²) in [6.45, 7) is 0.771. The molecule has 31 heavy (non-hydrogen) atoms. The van der Waals surface area contributed by atoms with Crippen LogP contribution in [0.25, 0.3) is 0 Å². The third-order valence-electron chi connectivity index (χ3n) is 4.90. The Bertz CT molecular complexity index is 1040. The van der Waals surface area contributed by atoms with Gasteiger partial charge in [0.25, 0.3) is 5.69 Å². The number of nitriles is 2. The molecule has 0 unspecified atom stereocenters. The number of benzene rings is 2. The largest absolute Gasteiger partial charge is 0.379 e. The van der Waals surface area contributed by atoms with Gasteiger partial charge in [0.15, 0.2) is 0 Å². The van der Waals surface area contributed by atoms with Crippen LogP contribution in [0.5, 0.6) is 0 Å². The van der Waals surface area contributed by atoms with Crippen molar-refractivity contribution in [3.63, 3.8) is 0 Å². The molecule has 10 heteroatoms. The molecule has 2 aromatic carbocycles. The number of rotatable bonds is 5. The Kier molecular flexibility index (Phi) is 8.41. The smallest absolute Gasteiger partial charge is 0.306 e. The number of nitro benzene ring substituents is 2. The van der Waals surface area contributed by atoms with E-state index in [0.29, 0.717) is 17.2 Å². The van der Waals surface area contributed by atoms with Gasteiger partial charge in [-0.05, 0) is 43.0 Å². The van der Waals surface area contributed by atoms with E-state index in [1.54, 1.807) is 18.2 Å². The van der Waals surface area contributed by atoms with E-state index < -0.39 is 21.4 Å². The van der Waals surface area contributed by atoms with Crippen molar-refractivity contribution in [2.75, 3.05) is 11.9 Å². The minimum atomic E-state index is -0.931. The molecule has 1 saturated carbocycles. The lowest BCUT2D eigenvalue weighted by Gasteiger charge is -2.22. The van der Waals surface area contributed by atoms with Gasteiger partial charge in [0.05, 0.1) is 33.1 Å². The van der Waals surface area contributed by atoms with Crippen molar-refractivity contribution in [2.45, 2.75) is 32.1 Å². The minimum absolute atomic E-state index is 0.0186. The monoisotopic (exact) mass is 425 g/mol. The average Bonchev–Trinajstić information content (AvgIpc) is 2.78. The summed E-state index contributed by atoms with van der Waals surface area (Å²) in [6.07, 6.45) is 6.19. The van der Waals surface area contributed by atoms with Crippen molar-refractivity contribution in [3.05, 3.63) is 73.6 Å². The summed E-state index contributed by atoms with van der Waals surface area (Å²) < 4.78 is 12.6. The second kappa shape index (κ2) is 11.2. The normalized spacial score (nSPS) is 13.1. The van der Waals surface area contributed by atoms with Gasteiger partial charge in [-0.15, -0.1) is 0 Å². The molecule has 0 saturated heterocycles. The quantitative estimate of drug-likeness (QED) is 0.520. The second-order valence-corrected chi connectivity index (χ2v) is 7.02. The molecule has 1 aliphatic rings. The molecule has 0 heterocycles. The number of anilines is 1. The van der Waals surface area contributed by atoms with Crippen molar-refractivity contribution in [1.29, 1.82) is 10.5 Å². The first kappa shape index (κ1) is 23.2. The summed E-state index contributed by atoms with van der Waals surface area (Å²) in [5.41, 5.74) is 0.205. The minimum Gasteiger partial charge on any atom is -0.379 e. The molecule has 9 nitrogen and oxygen atoms in total. The van der Waals surface area contributed by atoms with Gasteiger partial charge in [-0.25, -0.2) is 0 Å². The zero-order valence-electron chi connectivity index (χ0n) is 16.6. The van der Waals surface area contributed by atoms with Gasteiger partial charge in [0.2, 0.25) is 5.82 Å². The number of nitrogens with one attached hydrogen (secondary N) is 1. The summed E-state index contributed by atoms with van der Waals surface area (Å²) in [4.78, 5) is 19.8. The van der Waals surface area contributed by atoms with Crippen molar-refractivity contribution in [1.82, 2.24) is 0 Å². The molecule has 2 aromatic rings. The van der Waals surface area contributed by atoms with Crippen LogP contribution in [0.1, 0.15) is 43.2 Å². The fourth-order valence-electron chi connectivity index (χ4n) is 3.27. The van der Waals surface area contributed by atoms with Crippen LogP contribution in [0.3, 0.4) is 0 Å². The molecular weight excluding hydrogens is 405 g/mol. The molecule has 0 bridgehead atoms. The Hall–Kier alpha value is -4.05. The highest BCUT2D eigenvalue weighted by Gasteiger charge is 2.18. The maximum Gasteiger partial charge on any atom is 0.306 e. The molecular formula is C21H20FN5O4. The number of hydrogen-bond donors (Lipinski definition) is 1. The van der Waals surface area contributed by atoms with E-state index in [0.717, 1.165) is 18.7 Å². The Morgan fingerprint density at radius 2 is 1.48 bits per heavy atom. The van der Waals surface area contributed by atoms with Gasteiger partial charge in [-0.3, -0.25) is 20.2 Å². The molecule has 0 aliphatic heterocycles. The van der Waals surface area contributed by atoms with E-state index in [4.69, 9.17) is 10.5 Å². The van der Waals surface area contributed by atoms with Crippen LogP contribution in [0, 0.1) is 54.6 Å². The number of halogens is 1. The van der Waals surface area contributed by atoms with Gasteiger partial charge in [0.1, 0.15) is 5.69 Å². The van der Waals surface area contributed by atoms with Crippen molar-refractivity contribution in [3.8, 4) is 12.1 Å². The fraction of sp³-hybridized carbons (Fsp3) is 0.333. The first-order valence-electron chi connectivity index (χ1n) is 9.62. The van der Waals surface area contributed by atoms with Crippen molar-refractivity contribution < 1.29 is 14.2 Å². The fourth-order valence-corrected chi connectivity index (χ4v) is 3.27. The predicted molar refractivity (Wildman–Crippen MR) is 111 cm³/mol. The van der Waals surface area contributed by atoms with Crippen LogP contribution in [0.15, 0.2) is 36.4 Å². The van der Waals surface area contributed by atoms with Gasteiger partial charge in [0, 0.05) is 18.7 Å². The standard InChI is InChI=1S/C14H17N3O2.C7H3FN2O2/c15-9-12-6-7-13(14(8-12)17(18)19)16-10-11-4-2-1-3-5-11;8-6-2-1-5(4-9)3-7(6)10(11)12/h6-8,11,16H,1-5,10H2;1-3H. The molecule has 0 aromatic heterocycles. The molecule has 0 spiro atoms. The summed E-state index contributed by atoms with van der Waals surface area (Å²) >= 11 is 0. The summed E-state index contributed by atoms with van der Waals surface area (Å²) in [5, 5.41) is 41.4. The van der Waals surface area contributed by atoms with E-state index >= 15 is 0 Å². The Morgan fingerprint density at radius 3 is 2.03 bits per heavy atom. The van der Waals surface area contributed by atoms with Crippen LogP contribution in [-0.2, 0) is 0 Å².